The van der Waals surface area contributed by atoms with Crippen LogP contribution in [0.2, 0.25) is 5.02 Å². The van der Waals surface area contributed by atoms with Gasteiger partial charge in [-0.25, -0.2) is 0 Å². The molecule has 22 heavy (non-hydrogen) atoms. The van der Waals surface area contributed by atoms with Gasteiger partial charge in [0.05, 0.1) is 18.7 Å². The van der Waals surface area contributed by atoms with Crippen LogP contribution < -0.4 is 14.8 Å². The van der Waals surface area contributed by atoms with E-state index in [1.165, 1.54) is 18.9 Å². The Balaban J connectivity index is 2.07. The first kappa shape index (κ1) is 16.7. The molecule has 1 saturated carbocycles. The lowest BCUT2D eigenvalue weighted by molar-refractivity contribution is -0.117. The molecule has 0 aliphatic heterocycles. The number of halogens is 1. The van der Waals surface area contributed by atoms with Gasteiger partial charge in [0.2, 0.25) is 5.91 Å². The molecule has 120 valence electrons. The van der Waals surface area contributed by atoms with Crippen LogP contribution in [0.4, 0.5) is 0 Å². The minimum absolute atomic E-state index is 0.0932. The van der Waals surface area contributed by atoms with Crippen molar-refractivity contribution in [3.63, 3.8) is 0 Å². The van der Waals surface area contributed by atoms with Crippen molar-refractivity contribution in [1.29, 1.82) is 0 Å². The van der Waals surface area contributed by atoms with Gasteiger partial charge in [0.1, 0.15) is 0 Å². The van der Waals surface area contributed by atoms with Crippen molar-refractivity contribution < 1.29 is 14.3 Å². The maximum Gasteiger partial charge on any atom is 0.244 e. The fraction of sp³-hybridized carbons (Fsp3) is 0.471. The zero-order valence-electron chi connectivity index (χ0n) is 13.2. The Morgan fingerprint density at radius 1 is 1.50 bits per heavy atom. The van der Waals surface area contributed by atoms with E-state index in [0.717, 1.165) is 5.56 Å². The Kier molecular flexibility index (Phi) is 5.72. The molecule has 0 aromatic heterocycles. The Bertz CT molecular complexity index is 567. The summed E-state index contributed by atoms with van der Waals surface area (Å²) in [6, 6.07) is 3.79. The van der Waals surface area contributed by atoms with E-state index in [0.29, 0.717) is 29.0 Å². The standard InChI is InChI=1S/C17H22ClNO3/c1-4-22-15-10-12(9-14(18)17(15)21-3)5-8-16(20)19-11(2)13-6-7-13/h5,8-11,13H,4,6-7H2,1-3H3,(H,19,20)/b8-5+. The van der Waals surface area contributed by atoms with E-state index < -0.39 is 0 Å². The van der Waals surface area contributed by atoms with Gasteiger partial charge in [0, 0.05) is 12.1 Å². The molecule has 1 atom stereocenters. The normalized spacial score (nSPS) is 15.6. The Morgan fingerprint density at radius 2 is 2.23 bits per heavy atom. The summed E-state index contributed by atoms with van der Waals surface area (Å²) in [5.41, 5.74) is 0.795. The quantitative estimate of drug-likeness (QED) is 0.779. The van der Waals surface area contributed by atoms with Crippen molar-refractivity contribution >= 4 is 23.6 Å². The lowest BCUT2D eigenvalue weighted by Crippen LogP contribution is -2.32. The number of hydrogen-bond donors (Lipinski definition) is 1. The van der Waals surface area contributed by atoms with Crippen LogP contribution in [0.5, 0.6) is 11.5 Å². The Hall–Kier alpha value is -1.68. The van der Waals surface area contributed by atoms with E-state index in [1.54, 1.807) is 19.3 Å². The third kappa shape index (κ3) is 4.41. The van der Waals surface area contributed by atoms with Crippen molar-refractivity contribution in [2.75, 3.05) is 13.7 Å². The number of hydrogen-bond acceptors (Lipinski definition) is 3. The Labute approximate surface area is 136 Å². The highest BCUT2D eigenvalue weighted by atomic mass is 35.5. The molecule has 4 nitrogen and oxygen atoms in total. The topological polar surface area (TPSA) is 47.6 Å². The third-order valence-corrected chi connectivity index (χ3v) is 3.94. The molecule has 2 rings (SSSR count). The van der Waals surface area contributed by atoms with E-state index in [1.807, 2.05) is 19.9 Å². The van der Waals surface area contributed by atoms with Gasteiger partial charge in [-0.2, -0.15) is 0 Å². The van der Waals surface area contributed by atoms with Crippen molar-refractivity contribution in [2.45, 2.75) is 32.7 Å². The van der Waals surface area contributed by atoms with Crippen LogP contribution in [-0.2, 0) is 4.79 Å². The van der Waals surface area contributed by atoms with Crippen molar-refractivity contribution in [1.82, 2.24) is 5.32 Å². The predicted molar refractivity (Wildman–Crippen MR) is 88.5 cm³/mol. The van der Waals surface area contributed by atoms with Crippen LogP contribution in [0, 0.1) is 5.92 Å². The number of ether oxygens (including phenoxy) is 2. The van der Waals surface area contributed by atoms with Gasteiger partial charge in [-0.05, 0) is 56.4 Å². The molecule has 1 fully saturated rings. The summed E-state index contributed by atoms with van der Waals surface area (Å²) in [7, 11) is 1.55. The van der Waals surface area contributed by atoms with E-state index in [9.17, 15) is 4.79 Å². The molecular formula is C17H22ClNO3. The van der Waals surface area contributed by atoms with Gasteiger partial charge >= 0.3 is 0 Å². The SMILES string of the molecule is CCOc1cc(/C=C/C(=O)NC(C)C2CC2)cc(Cl)c1OC. The van der Waals surface area contributed by atoms with E-state index in [4.69, 9.17) is 21.1 Å². The summed E-state index contributed by atoms with van der Waals surface area (Å²) >= 11 is 6.18. The van der Waals surface area contributed by atoms with Crippen LogP contribution >= 0.6 is 11.6 Å². The highest BCUT2D eigenvalue weighted by Gasteiger charge is 2.28. The van der Waals surface area contributed by atoms with Gasteiger partial charge in [-0.1, -0.05) is 11.6 Å². The second kappa shape index (κ2) is 7.54. The highest BCUT2D eigenvalue weighted by Crippen LogP contribution is 2.36. The number of rotatable bonds is 7. The summed E-state index contributed by atoms with van der Waals surface area (Å²) in [5, 5.41) is 3.43. The van der Waals surface area contributed by atoms with Gasteiger partial charge < -0.3 is 14.8 Å². The fourth-order valence-corrected chi connectivity index (χ4v) is 2.60. The lowest BCUT2D eigenvalue weighted by atomic mass is 10.1. The molecule has 1 unspecified atom stereocenters. The average molecular weight is 324 g/mol. The first-order valence-corrected chi connectivity index (χ1v) is 7.91. The molecule has 0 saturated heterocycles. The summed E-state index contributed by atoms with van der Waals surface area (Å²) in [5.74, 6) is 1.62. The smallest absolute Gasteiger partial charge is 0.244 e. The summed E-state index contributed by atoms with van der Waals surface area (Å²) in [4.78, 5) is 11.9. The van der Waals surface area contributed by atoms with Gasteiger partial charge in [-0.15, -0.1) is 0 Å². The number of nitrogens with one attached hydrogen (secondary N) is 1. The maximum atomic E-state index is 11.9. The molecule has 1 aromatic rings. The highest BCUT2D eigenvalue weighted by molar-refractivity contribution is 6.32. The number of benzene rings is 1. The molecule has 1 aliphatic carbocycles. The zero-order chi connectivity index (χ0) is 16.1. The lowest BCUT2D eigenvalue weighted by Gasteiger charge is -2.12. The number of carbonyl (C=O) groups is 1. The van der Waals surface area contributed by atoms with Crippen molar-refractivity contribution in [3.8, 4) is 11.5 Å². The molecule has 0 bridgehead atoms. The molecule has 5 heteroatoms. The summed E-state index contributed by atoms with van der Waals surface area (Å²) in [6.45, 7) is 4.45. The minimum Gasteiger partial charge on any atom is -0.491 e. The monoisotopic (exact) mass is 323 g/mol. The van der Waals surface area contributed by atoms with Gasteiger partial charge in [-0.3, -0.25) is 4.79 Å². The van der Waals surface area contributed by atoms with E-state index >= 15 is 0 Å². The molecule has 1 amide bonds. The molecule has 0 heterocycles. The van der Waals surface area contributed by atoms with Crippen LogP contribution in [0.25, 0.3) is 6.08 Å². The van der Waals surface area contributed by atoms with Crippen molar-refractivity contribution in [3.05, 3.63) is 28.8 Å². The summed E-state index contributed by atoms with van der Waals surface area (Å²) < 4.78 is 10.8. The second-order valence-corrected chi connectivity index (χ2v) is 5.84. The van der Waals surface area contributed by atoms with Crippen LogP contribution in [0.3, 0.4) is 0 Å². The molecule has 1 N–H and O–H groups in total. The first-order valence-electron chi connectivity index (χ1n) is 7.54. The Morgan fingerprint density at radius 3 is 2.82 bits per heavy atom. The number of methoxy groups -OCH3 is 1. The van der Waals surface area contributed by atoms with Gasteiger partial charge in [0.25, 0.3) is 0 Å². The largest absolute Gasteiger partial charge is 0.491 e. The fourth-order valence-electron chi connectivity index (χ4n) is 2.30. The molecule has 0 spiro atoms. The molecule has 1 aromatic carbocycles. The second-order valence-electron chi connectivity index (χ2n) is 5.44. The van der Waals surface area contributed by atoms with Crippen LogP contribution in [0.15, 0.2) is 18.2 Å². The number of amides is 1. The first-order chi connectivity index (χ1) is 10.5. The van der Waals surface area contributed by atoms with Gasteiger partial charge in [0.15, 0.2) is 11.5 Å². The zero-order valence-corrected chi connectivity index (χ0v) is 13.9. The number of carbonyl (C=O) groups excluding carboxylic acids is 1. The summed E-state index contributed by atoms with van der Waals surface area (Å²) in [6.07, 6.45) is 5.66. The molecular weight excluding hydrogens is 302 g/mol. The minimum atomic E-state index is -0.0932. The molecule has 1 aliphatic rings. The van der Waals surface area contributed by atoms with Crippen LogP contribution in [0.1, 0.15) is 32.3 Å². The van der Waals surface area contributed by atoms with Crippen molar-refractivity contribution in [2.24, 2.45) is 5.92 Å². The van der Waals surface area contributed by atoms with Crippen LogP contribution in [-0.4, -0.2) is 25.7 Å². The third-order valence-electron chi connectivity index (χ3n) is 3.66. The molecule has 0 radical (unpaired) electrons. The predicted octanol–water partition coefficient (Wildman–Crippen LogP) is 3.68. The maximum absolute atomic E-state index is 11.9. The average Bonchev–Trinajstić information content (AvgIpc) is 3.30. The van der Waals surface area contributed by atoms with E-state index in [2.05, 4.69) is 5.32 Å². The van der Waals surface area contributed by atoms with E-state index in [-0.39, 0.29) is 11.9 Å².